The maximum Gasteiger partial charge on any atom is 0.360 e. The van der Waals surface area contributed by atoms with Crippen LogP contribution in [0, 0.1) is 5.82 Å². The lowest BCUT2D eigenvalue weighted by atomic mass is 10.2. The van der Waals surface area contributed by atoms with Gasteiger partial charge in [-0.25, -0.2) is 9.18 Å². The normalized spacial score (nSPS) is 10.2. The van der Waals surface area contributed by atoms with Crippen LogP contribution in [-0.2, 0) is 11.3 Å². The lowest BCUT2D eigenvalue weighted by molar-refractivity contribution is 0.0519. The first-order valence-corrected chi connectivity index (χ1v) is 5.80. The smallest absolute Gasteiger partial charge is 0.360 e. The molecule has 0 amide bonds. The number of oxazole rings is 1. The van der Waals surface area contributed by atoms with Crippen molar-refractivity contribution in [1.29, 1.82) is 0 Å². The van der Waals surface area contributed by atoms with Crippen molar-refractivity contribution in [3.05, 3.63) is 47.6 Å². The fourth-order valence-corrected chi connectivity index (χ4v) is 1.48. The molecule has 0 aliphatic heterocycles. The largest absolute Gasteiger partial charge is 0.461 e. The van der Waals surface area contributed by atoms with Gasteiger partial charge in [0.15, 0.2) is 5.69 Å². The summed E-state index contributed by atoms with van der Waals surface area (Å²) in [6.45, 7) is 2.33. The quantitative estimate of drug-likeness (QED) is 0.841. The van der Waals surface area contributed by atoms with E-state index in [2.05, 4.69) is 10.3 Å². The number of hydrogen-bond donors (Lipinski definition) is 1. The van der Waals surface area contributed by atoms with E-state index < -0.39 is 5.97 Å². The van der Waals surface area contributed by atoms with Crippen molar-refractivity contribution in [3.63, 3.8) is 0 Å². The van der Waals surface area contributed by atoms with Gasteiger partial charge in [0.05, 0.1) is 6.61 Å². The van der Waals surface area contributed by atoms with Crippen molar-refractivity contribution in [2.75, 3.05) is 11.9 Å². The third kappa shape index (κ3) is 3.54. The number of ether oxygens (including phenoxy) is 1. The average Bonchev–Trinajstić information content (AvgIpc) is 2.86. The third-order valence-corrected chi connectivity index (χ3v) is 2.32. The lowest BCUT2D eigenvalue weighted by Gasteiger charge is -2.01. The second kappa shape index (κ2) is 5.99. The minimum atomic E-state index is -0.537. The first kappa shape index (κ1) is 13.1. The number of benzene rings is 1. The van der Waals surface area contributed by atoms with Crippen LogP contribution in [0.25, 0.3) is 0 Å². The molecular formula is C13H13FN2O3. The highest BCUT2D eigenvalue weighted by atomic mass is 19.1. The summed E-state index contributed by atoms with van der Waals surface area (Å²) in [4.78, 5) is 15.3. The molecule has 0 aliphatic rings. The third-order valence-electron chi connectivity index (χ3n) is 2.32. The van der Waals surface area contributed by atoms with Crippen LogP contribution < -0.4 is 5.32 Å². The Balaban J connectivity index is 1.95. The van der Waals surface area contributed by atoms with Crippen molar-refractivity contribution >= 4 is 12.0 Å². The van der Waals surface area contributed by atoms with Gasteiger partial charge in [0, 0.05) is 6.54 Å². The van der Waals surface area contributed by atoms with Crippen LogP contribution in [0.5, 0.6) is 0 Å². The lowest BCUT2D eigenvalue weighted by Crippen LogP contribution is -2.05. The van der Waals surface area contributed by atoms with Crippen molar-refractivity contribution in [2.45, 2.75) is 13.5 Å². The fourth-order valence-electron chi connectivity index (χ4n) is 1.48. The van der Waals surface area contributed by atoms with Gasteiger partial charge in [0.1, 0.15) is 12.1 Å². The monoisotopic (exact) mass is 264 g/mol. The van der Waals surface area contributed by atoms with Crippen molar-refractivity contribution in [1.82, 2.24) is 4.98 Å². The molecule has 1 N–H and O–H groups in total. The minimum absolute atomic E-state index is 0.101. The molecule has 100 valence electrons. The molecule has 1 aromatic carbocycles. The number of carbonyl (C=O) groups excluding carboxylic acids is 1. The first-order chi connectivity index (χ1) is 9.19. The number of nitrogens with one attached hydrogen (secondary N) is 1. The molecule has 0 unspecified atom stereocenters. The summed E-state index contributed by atoms with van der Waals surface area (Å²) in [6, 6.07) is 6.35. The van der Waals surface area contributed by atoms with Crippen LogP contribution in [0.15, 0.2) is 34.9 Å². The molecule has 0 atom stereocenters. The minimum Gasteiger partial charge on any atom is -0.461 e. The van der Waals surface area contributed by atoms with Crippen LogP contribution >= 0.6 is 0 Å². The maximum absolute atomic E-state index is 13.0. The van der Waals surface area contributed by atoms with Gasteiger partial charge in [0.25, 0.3) is 6.01 Å². The number of rotatable bonds is 5. The predicted molar refractivity (Wildman–Crippen MR) is 66.2 cm³/mol. The van der Waals surface area contributed by atoms with Crippen LogP contribution in [0.4, 0.5) is 10.4 Å². The number of anilines is 1. The number of aromatic nitrogens is 1. The van der Waals surface area contributed by atoms with Gasteiger partial charge in [-0.1, -0.05) is 12.1 Å². The summed E-state index contributed by atoms with van der Waals surface area (Å²) in [6.07, 6.45) is 1.21. The maximum atomic E-state index is 13.0. The van der Waals surface area contributed by atoms with Crippen LogP contribution in [0.2, 0.25) is 0 Å². The summed E-state index contributed by atoms with van der Waals surface area (Å²) in [5, 5.41) is 2.85. The van der Waals surface area contributed by atoms with Gasteiger partial charge in [-0.05, 0) is 24.6 Å². The zero-order valence-electron chi connectivity index (χ0n) is 10.4. The second-order valence-corrected chi connectivity index (χ2v) is 3.74. The SMILES string of the molecule is CCOC(=O)c1coc(NCc2cccc(F)c2)n1. The summed E-state index contributed by atoms with van der Waals surface area (Å²) in [5.41, 5.74) is 0.847. The molecule has 0 saturated heterocycles. The zero-order valence-corrected chi connectivity index (χ0v) is 10.4. The number of carbonyl (C=O) groups is 1. The first-order valence-electron chi connectivity index (χ1n) is 5.80. The zero-order chi connectivity index (χ0) is 13.7. The molecule has 19 heavy (non-hydrogen) atoms. The molecule has 0 bridgehead atoms. The Labute approximate surface area is 109 Å². The van der Waals surface area contributed by atoms with Crippen LogP contribution in [0.1, 0.15) is 23.0 Å². The van der Waals surface area contributed by atoms with Gasteiger partial charge >= 0.3 is 5.97 Å². The Morgan fingerprint density at radius 1 is 1.53 bits per heavy atom. The Morgan fingerprint density at radius 2 is 2.37 bits per heavy atom. The Bertz CT molecular complexity index is 569. The van der Waals surface area contributed by atoms with E-state index in [0.717, 1.165) is 5.56 Å². The molecule has 0 aliphatic carbocycles. The molecule has 5 nitrogen and oxygen atoms in total. The highest BCUT2D eigenvalue weighted by Gasteiger charge is 2.12. The summed E-state index contributed by atoms with van der Waals surface area (Å²) >= 11 is 0. The molecule has 0 radical (unpaired) electrons. The number of halogens is 1. The van der Waals surface area contributed by atoms with Crippen LogP contribution in [-0.4, -0.2) is 17.6 Å². The van der Waals surface area contributed by atoms with E-state index in [0.29, 0.717) is 6.54 Å². The molecule has 0 saturated carbocycles. The highest BCUT2D eigenvalue weighted by Crippen LogP contribution is 2.11. The molecule has 2 aromatic rings. The van der Waals surface area contributed by atoms with E-state index in [1.165, 1.54) is 18.4 Å². The summed E-state index contributed by atoms with van der Waals surface area (Å²) in [7, 11) is 0. The van der Waals surface area contributed by atoms with Crippen molar-refractivity contribution in [2.24, 2.45) is 0 Å². The van der Waals surface area contributed by atoms with Gasteiger partial charge in [-0.2, -0.15) is 4.98 Å². The molecule has 0 spiro atoms. The van der Waals surface area contributed by atoms with E-state index in [1.54, 1.807) is 19.1 Å². The molecule has 2 rings (SSSR count). The number of esters is 1. The van der Waals surface area contributed by atoms with Crippen LogP contribution in [0.3, 0.4) is 0 Å². The highest BCUT2D eigenvalue weighted by molar-refractivity contribution is 5.87. The van der Waals surface area contributed by atoms with Crippen molar-refractivity contribution in [3.8, 4) is 0 Å². The summed E-state index contributed by atoms with van der Waals surface area (Å²) < 4.78 is 22.8. The Kier molecular flexibility index (Phi) is 4.12. The number of hydrogen-bond acceptors (Lipinski definition) is 5. The Morgan fingerprint density at radius 3 is 3.11 bits per heavy atom. The standard InChI is InChI=1S/C13H13FN2O3/c1-2-18-12(17)11-8-19-13(16-11)15-7-9-4-3-5-10(14)6-9/h3-6,8H,2,7H2,1H3,(H,15,16). The fraction of sp³-hybridized carbons (Fsp3) is 0.231. The molecule has 1 heterocycles. The van der Waals surface area contributed by atoms with E-state index in [9.17, 15) is 9.18 Å². The second-order valence-electron chi connectivity index (χ2n) is 3.74. The molecular weight excluding hydrogens is 251 g/mol. The number of nitrogens with zero attached hydrogens (tertiary/aromatic N) is 1. The van der Waals surface area contributed by atoms with Crippen molar-refractivity contribution < 1.29 is 18.3 Å². The molecule has 1 aromatic heterocycles. The van der Waals surface area contributed by atoms with E-state index in [4.69, 9.17) is 9.15 Å². The van der Waals surface area contributed by atoms with Gasteiger partial charge in [-0.15, -0.1) is 0 Å². The molecule has 6 heteroatoms. The van der Waals surface area contributed by atoms with Gasteiger partial charge in [0.2, 0.25) is 0 Å². The van der Waals surface area contributed by atoms with Gasteiger partial charge in [-0.3, -0.25) is 0 Å². The average molecular weight is 264 g/mol. The topological polar surface area (TPSA) is 64.4 Å². The predicted octanol–water partition coefficient (Wildman–Crippen LogP) is 2.60. The van der Waals surface area contributed by atoms with E-state index >= 15 is 0 Å². The Hall–Kier alpha value is -2.37. The van der Waals surface area contributed by atoms with E-state index in [-0.39, 0.29) is 24.1 Å². The van der Waals surface area contributed by atoms with E-state index in [1.807, 2.05) is 0 Å². The van der Waals surface area contributed by atoms with Gasteiger partial charge < -0.3 is 14.5 Å². The molecule has 0 fully saturated rings. The summed E-state index contributed by atoms with van der Waals surface area (Å²) in [5.74, 6) is -0.844.